The van der Waals surface area contributed by atoms with Crippen LogP contribution in [-0.2, 0) is 0 Å². The lowest BCUT2D eigenvalue weighted by Gasteiger charge is -2.32. The molecule has 0 aromatic carbocycles. The van der Waals surface area contributed by atoms with E-state index in [-0.39, 0.29) is 18.0 Å². The topological polar surface area (TPSA) is 61.4 Å². The number of amides is 3. The van der Waals surface area contributed by atoms with Crippen LogP contribution in [0.25, 0.3) is 0 Å². The van der Waals surface area contributed by atoms with E-state index in [4.69, 9.17) is 0 Å². The highest BCUT2D eigenvalue weighted by molar-refractivity contribution is 7.12. The van der Waals surface area contributed by atoms with Crippen molar-refractivity contribution in [1.82, 2.24) is 15.5 Å². The number of likely N-dealkylation sites (tertiary alicyclic amines) is 1. The summed E-state index contributed by atoms with van der Waals surface area (Å²) in [5, 5.41) is 8.03. The molecule has 2 fully saturated rings. The SMILES string of the molecule is O=C(NC1CCCC1)NC1CCN(C(=O)c2cccs2)CC1. The predicted octanol–water partition coefficient (Wildman–Crippen LogP) is 2.59. The Hall–Kier alpha value is -1.56. The Morgan fingerprint density at radius 3 is 2.27 bits per heavy atom. The fourth-order valence-electron chi connectivity index (χ4n) is 3.27. The molecule has 1 aliphatic carbocycles. The molecule has 0 unspecified atom stereocenters. The first-order chi connectivity index (χ1) is 10.7. The van der Waals surface area contributed by atoms with Crippen molar-refractivity contribution in [2.24, 2.45) is 0 Å². The smallest absolute Gasteiger partial charge is 0.315 e. The number of hydrogen-bond donors (Lipinski definition) is 2. The van der Waals surface area contributed by atoms with E-state index in [1.807, 2.05) is 22.4 Å². The number of carbonyl (C=O) groups excluding carboxylic acids is 2. The van der Waals surface area contributed by atoms with Gasteiger partial charge in [0.2, 0.25) is 0 Å². The van der Waals surface area contributed by atoms with Crippen molar-refractivity contribution < 1.29 is 9.59 Å². The summed E-state index contributed by atoms with van der Waals surface area (Å²) in [5.41, 5.74) is 0. The van der Waals surface area contributed by atoms with E-state index in [1.165, 1.54) is 24.2 Å². The number of nitrogens with zero attached hydrogens (tertiary/aromatic N) is 1. The first-order valence-electron chi connectivity index (χ1n) is 8.12. The third-order valence-corrected chi connectivity index (χ3v) is 5.40. The molecule has 0 atom stereocenters. The molecule has 3 rings (SSSR count). The average molecular weight is 321 g/mol. The molecule has 0 radical (unpaired) electrons. The van der Waals surface area contributed by atoms with E-state index in [1.54, 1.807) is 0 Å². The molecule has 6 heteroatoms. The Labute approximate surface area is 135 Å². The average Bonchev–Trinajstić information content (AvgIpc) is 3.20. The Morgan fingerprint density at radius 2 is 1.68 bits per heavy atom. The van der Waals surface area contributed by atoms with Crippen LogP contribution >= 0.6 is 11.3 Å². The van der Waals surface area contributed by atoms with Gasteiger partial charge >= 0.3 is 6.03 Å². The molecule has 1 saturated carbocycles. The number of rotatable bonds is 3. The molecular formula is C16H23N3O2S. The lowest BCUT2D eigenvalue weighted by atomic mass is 10.1. The lowest BCUT2D eigenvalue weighted by Crippen LogP contribution is -2.50. The van der Waals surface area contributed by atoms with Gasteiger partial charge in [0, 0.05) is 25.2 Å². The van der Waals surface area contributed by atoms with Crippen molar-refractivity contribution in [2.75, 3.05) is 13.1 Å². The van der Waals surface area contributed by atoms with Crippen LogP contribution in [0.3, 0.4) is 0 Å². The fraction of sp³-hybridized carbons (Fsp3) is 0.625. The molecule has 2 N–H and O–H groups in total. The predicted molar refractivity (Wildman–Crippen MR) is 87.2 cm³/mol. The van der Waals surface area contributed by atoms with Crippen molar-refractivity contribution >= 4 is 23.3 Å². The largest absolute Gasteiger partial charge is 0.338 e. The molecule has 0 spiro atoms. The first kappa shape index (κ1) is 15.3. The summed E-state index contributed by atoms with van der Waals surface area (Å²) >= 11 is 1.48. The number of carbonyl (C=O) groups is 2. The molecule has 1 aromatic heterocycles. The van der Waals surface area contributed by atoms with Crippen LogP contribution < -0.4 is 10.6 Å². The van der Waals surface area contributed by atoms with Crippen molar-refractivity contribution in [3.8, 4) is 0 Å². The Balaban J connectivity index is 1.41. The molecule has 2 heterocycles. The molecule has 3 amide bonds. The monoisotopic (exact) mass is 321 g/mol. The molecule has 1 aliphatic heterocycles. The van der Waals surface area contributed by atoms with Crippen LogP contribution in [0, 0.1) is 0 Å². The third kappa shape index (κ3) is 3.80. The van der Waals surface area contributed by atoms with Crippen molar-refractivity contribution in [1.29, 1.82) is 0 Å². The van der Waals surface area contributed by atoms with Gasteiger partial charge in [-0.05, 0) is 37.1 Å². The molecule has 5 nitrogen and oxygen atoms in total. The lowest BCUT2D eigenvalue weighted by molar-refractivity contribution is 0.0713. The van der Waals surface area contributed by atoms with Crippen molar-refractivity contribution in [3.05, 3.63) is 22.4 Å². The quantitative estimate of drug-likeness (QED) is 0.899. The number of thiophene rings is 1. The van der Waals surface area contributed by atoms with Crippen molar-refractivity contribution in [2.45, 2.75) is 50.6 Å². The van der Waals surface area contributed by atoms with Crippen LogP contribution in [0.5, 0.6) is 0 Å². The molecule has 1 aromatic rings. The van der Waals surface area contributed by atoms with E-state index in [0.717, 1.165) is 30.6 Å². The number of urea groups is 1. The zero-order chi connectivity index (χ0) is 15.4. The molecular weight excluding hydrogens is 298 g/mol. The molecule has 22 heavy (non-hydrogen) atoms. The zero-order valence-electron chi connectivity index (χ0n) is 12.7. The minimum atomic E-state index is -0.0464. The normalized spacial score (nSPS) is 20.1. The molecule has 0 bridgehead atoms. The van der Waals surface area contributed by atoms with Gasteiger partial charge in [0.15, 0.2) is 0 Å². The maximum Gasteiger partial charge on any atom is 0.315 e. The summed E-state index contributed by atoms with van der Waals surface area (Å²) in [6, 6.07) is 4.25. The maximum atomic E-state index is 12.3. The maximum absolute atomic E-state index is 12.3. The number of hydrogen-bond acceptors (Lipinski definition) is 3. The van der Waals surface area contributed by atoms with E-state index < -0.39 is 0 Å². The van der Waals surface area contributed by atoms with Gasteiger partial charge in [-0.3, -0.25) is 4.79 Å². The second-order valence-corrected chi connectivity index (χ2v) is 7.09. The number of nitrogens with one attached hydrogen (secondary N) is 2. The van der Waals surface area contributed by atoms with Gasteiger partial charge in [-0.2, -0.15) is 0 Å². The minimum absolute atomic E-state index is 0.0464. The molecule has 2 aliphatic rings. The van der Waals surface area contributed by atoms with E-state index in [9.17, 15) is 9.59 Å². The minimum Gasteiger partial charge on any atom is -0.338 e. The van der Waals surface area contributed by atoms with Gasteiger partial charge in [0.1, 0.15) is 0 Å². The zero-order valence-corrected chi connectivity index (χ0v) is 13.5. The second-order valence-electron chi connectivity index (χ2n) is 6.14. The van der Waals surface area contributed by atoms with Crippen LogP contribution in [0.1, 0.15) is 48.2 Å². The third-order valence-electron chi connectivity index (χ3n) is 4.54. The highest BCUT2D eigenvalue weighted by Gasteiger charge is 2.25. The van der Waals surface area contributed by atoms with Gasteiger partial charge < -0.3 is 15.5 Å². The van der Waals surface area contributed by atoms with E-state index in [2.05, 4.69) is 10.6 Å². The second kappa shape index (κ2) is 7.13. The summed E-state index contributed by atoms with van der Waals surface area (Å²) < 4.78 is 0. The van der Waals surface area contributed by atoms with Gasteiger partial charge in [-0.25, -0.2) is 4.79 Å². The Kier molecular flexibility index (Phi) is 4.97. The van der Waals surface area contributed by atoms with E-state index >= 15 is 0 Å². The first-order valence-corrected chi connectivity index (χ1v) is 9.00. The van der Waals surface area contributed by atoms with Gasteiger partial charge in [0.05, 0.1) is 4.88 Å². The van der Waals surface area contributed by atoms with Crippen molar-refractivity contribution in [3.63, 3.8) is 0 Å². The molecule has 1 saturated heterocycles. The summed E-state index contributed by atoms with van der Waals surface area (Å²) in [7, 11) is 0. The van der Waals surface area contributed by atoms with Gasteiger partial charge in [-0.1, -0.05) is 18.9 Å². The van der Waals surface area contributed by atoms with E-state index in [0.29, 0.717) is 19.1 Å². The summed E-state index contributed by atoms with van der Waals surface area (Å²) in [5.74, 6) is 0.115. The summed E-state index contributed by atoms with van der Waals surface area (Å²) in [4.78, 5) is 26.9. The highest BCUT2D eigenvalue weighted by Crippen LogP contribution is 2.18. The molecule has 120 valence electrons. The summed E-state index contributed by atoms with van der Waals surface area (Å²) in [6.45, 7) is 1.43. The van der Waals surface area contributed by atoms with Crippen LogP contribution in [0.2, 0.25) is 0 Å². The highest BCUT2D eigenvalue weighted by atomic mass is 32.1. The Morgan fingerprint density at radius 1 is 1.05 bits per heavy atom. The number of piperidine rings is 1. The fourth-order valence-corrected chi connectivity index (χ4v) is 3.96. The standard InChI is InChI=1S/C16H23N3O2S/c20-15(14-6-3-11-22-14)19-9-7-13(8-10-19)18-16(21)17-12-4-1-2-5-12/h3,6,11-13H,1-2,4-5,7-10H2,(H2,17,18,21). The van der Waals surface area contributed by atoms with Crippen LogP contribution in [-0.4, -0.2) is 42.0 Å². The Bertz CT molecular complexity index is 503. The van der Waals surface area contributed by atoms with Crippen LogP contribution in [0.4, 0.5) is 4.79 Å². The summed E-state index contributed by atoms with van der Waals surface area (Å²) in [6.07, 6.45) is 6.29. The van der Waals surface area contributed by atoms with Gasteiger partial charge in [0.25, 0.3) is 5.91 Å². The van der Waals surface area contributed by atoms with Crippen LogP contribution in [0.15, 0.2) is 17.5 Å². The van der Waals surface area contributed by atoms with Gasteiger partial charge in [-0.15, -0.1) is 11.3 Å².